The second-order valence-electron chi connectivity index (χ2n) is 10.6. The number of hydrogen-bond acceptors (Lipinski definition) is 7. The molecule has 9 nitrogen and oxygen atoms in total. The number of likely N-dealkylation sites (tertiary alicyclic amines) is 1. The van der Waals surface area contributed by atoms with Gasteiger partial charge in [-0.25, -0.2) is 4.98 Å². The smallest absolute Gasteiger partial charge is 0.366 e. The molecule has 2 saturated heterocycles. The molecule has 2 amide bonds. The number of nitrogens with zero attached hydrogens (tertiary/aromatic N) is 3. The Hall–Kier alpha value is -3.41. The van der Waals surface area contributed by atoms with Gasteiger partial charge in [0.15, 0.2) is 0 Å². The van der Waals surface area contributed by atoms with Crippen LogP contribution in [0.15, 0.2) is 30.5 Å². The largest absolute Gasteiger partial charge is 0.421 e. The zero-order valence-corrected chi connectivity index (χ0v) is 21.3. The zero-order valence-electron chi connectivity index (χ0n) is 21.3. The number of halogens is 3. The van der Waals surface area contributed by atoms with Crippen LogP contribution in [0.4, 0.5) is 30.6 Å². The van der Waals surface area contributed by atoms with Crippen LogP contribution < -0.4 is 21.3 Å². The average molecular weight is 548 g/mol. The van der Waals surface area contributed by atoms with E-state index in [1.807, 2.05) is 18.7 Å². The van der Waals surface area contributed by atoms with Gasteiger partial charge in [0.2, 0.25) is 11.9 Å². The summed E-state index contributed by atoms with van der Waals surface area (Å²) >= 11 is 0. The maximum absolute atomic E-state index is 13.8. The fourth-order valence-electron chi connectivity index (χ4n) is 5.57. The summed E-state index contributed by atoms with van der Waals surface area (Å²) in [6.45, 7) is 5.19. The van der Waals surface area contributed by atoms with Gasteiger partial charge < -0.3 is 26.2 Å². The Labute approximate surface area is 226 Å². The average Bonchev–Trinajstić information content (AvgIpc) is 3.61. The van der Waals surface area contributed by atoms with Gasteiger partial charge in [-0.3, -0.25) is 9.59 Å². The second-order valence-corrected chi connectivity index (χ2v) is 10.6. The lowest BCUT2D eigenvalue weighted by atomic mass is 10.0. The Kier molecular flexibility index (Phi) is 8.34. The number of hydrogen-bond donors (Lipinski definition) is 4. The van der Waals surface area contributed by atoms with Crippen LogP contribution in [0.1, 0.15) is 62.9 Å². The number of carbonyl (C=O) groups excluding carboxylic acids is 2. The van der Waals surface area contributed by atoms with Crippen LogP contribution in [0.2, 0.25) is 0 Å². The molecule has 4 atom stereocenters. The third-order valence-electron chi connectivity index (χ3n) is 7.41. The van der Waals surface area contributed by atoms with Crippen molar-refractivity contribution in [1.82, 2.24) is 25.5 Å². The van der Waals surface area contributed by atoms with Crippen molar-refractivity contribution in [2.75, 3.05) is 23.7 Å². The molecule has 2 unspecified atom stereocenters. The molecule has 212 valence electrons. The molecule has 12 heteroatoms. The van der Waals surface area contributed by atoms with Crippen LogP contribution in [-0.4, -0.2) is 63.9 Å². The van der Waals surface area contributed by atoms with Crippen molar-refractivity contribution < 1.29 is 22.8 Å². The first kappa shape index (κ1) is 28.6. The zero-order chi connectivity index (χ0) is 27.0. The van der Waals surface area contributed by atoms with E-state index in [-0.39, 0.29) is 43.1 Å². The summed E-state index contributed by atoms with van der Waals surface area (Å²) in [6.07, 6.45) is -1.08. The van der Waals surface area contributed by atoms with E-state index >= 15 is 0 Å². The van der Waals surface area contributed by atoms with E-state index in [0.29, 0.717) is 36.7 Å². The number of fused-ring (bicyclic) bond motifs is 2. The van der Waals surface area contributed by atoms with Crippen LogP contribution in [0.25, 0.3) is 0 Å². The number of piperazine rings is 1. The monoisotopic (exact) mass is 547 g/mol. The second kappa shape index (κ2) is 11.4. The molecule has 4 N–H and O–H groups in total. The number of benzene rings is 1. The van der Waals surface area contributed by atoms with Crippen molar-refractivity contribution in [2.45, 2.75) is 77.3 Å². The van der Waals surface area contributed by atoms with Gasteiger partial charge in [0.05, 0.1) is 5.92 Å². The number of anilines is 3. The van der Waals surface area contributed by atoms with E-state index in [4.69, 9.17) is 0 Å². The first-order chi connectivity index (χ1) is 18.1. The molecule has 2 aliphatic heterocycles. The maximum Gasteiger partial charge on any atom is 0.421 e. The maximum atomic E-state index is 13.8. The van der Waals surface area contributed by atoms with Crippen molar-refractivity contribution in [3.63, 3.8) is 0 Å². The van der Waals surface area contributed by atoms with Gasteiger partial charge in [-0.2, -0.15) is 18.2 Å². The van der Waals surface area contributed by atoms with E-state index < -0.39 is 23.7 Å². The summed E-state index contributed by atoms with van der Waals surface area (Å²) in [7, 11) is 0. The Balaban J connectivity index is 0.00000353. The fourth-order valence-corrected chi connectivity index (χ4v) is 5.57. The van der Waals surface area contributed by atoms with Crippen LogP contribution >= 0.6 is 0 Å². The molecule has 1 aliphatic carbocycles. The van der Waals surface area contributed by atoms with Gasteiger partial charge in [0, 0.05) is 54.7 Å². The van der Waals surface area contributed by atoms with Crippen molar-refractivity contribution in [3.8, 4) is 0 Å². The topological polar surface area (TPSA) is 111 Å². The molecule has 2 bridgehead atoms. The molecule has 39 heavy (non-hydrogen) atoms. The fraction of sp³-hybridized carbons (Fsp3) is 0.556. The number of nitrogens with one attached hydrogen (secondary N) is 4. The lowest BCUT2D eigenvalue weighted by Crippen LogP contribution is -2.46. The molecule has 1 aromatic carbocycles. The van der Waals surface area contributed by atoms with E-state index in [1.165, 1.54) is 0 Å². The summed E-state index contributed by atoms with van der Waals surface area (Å²) < 4.78 is 41.3. The minimum Gasteiger partial charge on any atom is -0.366 e. The SMILES string of the molecule is C.CC(C)NC(=O)[C@H]1CCC[C@H]1Nc1nc(Nc2ccc(C(=O)N3CC4CC3CN4)cc2)ncc1C(F)(F)F. The van der Waals surface area contributed by atoms with Crippen molar-refractivity contribution in [3.05, 3.63) is 41.6 Å². The summed E-state index contributed by atoms with van der Waals surface area (Å²) in [5.41, 5.74) is 0.0889. The minimum atomic E-state index is -4.66. The number of carbonyl (C=O) groups is 2. The normalized spacial score (nSPS) is 24.0. The lowest BCUT2D eigenvalue weighted by molar-refractivity contribution is -0.137. The van der Waals surface area contributed by atoms with Crippen LogP contribution in [0.5, 0.6) is 0 Å². The predicted molar refractivity (Wildman–Crippen MR) is 143 cm³/mol. The third kappa shape index (κ3) is 6.26. The van der Waals surface area contributed by atoms with Crippen molar-refractivity contribution >= 4 is 29.3 Å². The summed E-state index contributed by atoms with van der Waals surface area (Å²) in [5, 5.41) is 12.0. The standard InChI is InChI=1S/C26H32F3N7O2.CH4/c1-14(2)32-23(37)19-4-3-5-21(19)34-22-20(26(27,28)29)12-31-25(35-22)33-16-8-6-15(7-9-16)24(38)36-13-17-10-18(36)11-30-17;/h6-9,12,14,17-19,21,30H,3-5,10-11,13H2,1-2H3,(H,32,37)(H2,31,33,34,35);1H4/t17?,18?,19-,21+;/m0./s1. The molecule has 3 heterocycles. The number of aromatic nitrogens is 2. The van der Waals surface area contributed by atoms with Crippen molar-refractivity contribution in [2.24, 2.45) is 5.92 Å². The minimum absolute atomic E-state index is 0. The van der Waals surface area contributed by atoms with Gasteiger partial charge in [0.25, 0.3) is 5.91 Å². The lowest BCUT2D eigenvalue weighted by Gasteiger charge is -2.27. The van der Waals surface area contributed by atoms with E-state index in [9.17, 15) is 22.8 Å². The molecule has 3 aliphatic rings. The third-order valence-corrected chi connectivity index (χ3v) is 7.41. The predicted octanol–water partition coefficient (Wildman–Crippen LogP) is 4.17. The van der Waals surface area contributed by atoms with Crippen LogP contribution in [-0.2, 0) is 11.0 Å². The summed E-state index contributed by atoms with van der Waals surface area (Å²) in [6, 6.07) is 6.76. The number of amides is 2. The van der Waals surface area contributed by atoms with Gasteiger partial charge in [-0.1, -0.05) is 13.8 Å². The summed E-state index contributed by atoms with van der Waals surface area (Å²) in [5.74, 6) is -1.05. The van der Waals surface area contributed by atoms with Crippen LogP contribution in [0, 0.1) is 5.92 Å². The Bertz CT molecular complexity index is 1190. The summed E-state index contributed by atoms with van der Waals surface area (Å²) in [4.78, 5) is 35.4. The van der Waals surface area contributed by atoms with Gasteiger partial charge in [-0.05, 0) is 57.4 Å². The highest BCUT2D eigenvalue weighted by Gasteiger charge is 2.41. The number of alkyl halides is 3. The van der Waals surface area contributed by atoms with Crippen molar-refractivity contribution in [1.29, 1.82) is 0 Å². The molecule has 3 fully saturated rings. The first-order valence-electron chi connectivity index (χ1n) is 13.0. The van der Waals surface area contributed by atoms with Gasteiger partial charge in [-0.15, -0.1) is 0 Å². The highest BCUT2D eigenvalue weighted by Crippen LogP contribution is 2.37. The number of rotatable bonds is 7. The Morgan fingerprint density at radius 2 is 1.90 bits per heavy atom. The Morgan fingerprint density at radius 3 is 2.51 bits per heavy atom. The quantitative estimate of drug-likeness (QED) is 0.412. The molecule has 1 saturated carbocycles. The van der Waals surface area contributed by atoms with E-state index in [1.54, 1.807) is 24.3 Å². The van der Waals surface area contributed by atoms with E-state index in [0.717, 1.165) is 25.6 Å². The van der Waals surface area contributed by atoms with Gasteiger partial charge >= 0.3 is 6.18 Å². The van der Waals surface area contributed by atoms with Gasteiger partial charge in [0.1, 0.15) is 11.4 Å². The highest BCUT2D eigenvalue weighted by atomic mass is 19.4. The first-order valence-corrected chi connectivity index (χ1v) is 13.0. The molecule has 1 aromatic heterocycles. The molecular weight excluding hydrogens is 511 g/mol. The van der Waals surface area contributed by atoms with Crippen LogP contribution in [0.3, 0.4) is 0 Å². The molecule has 0 spiro atoms. The molecular formula is C27H36F3N7O2. The molecule has 0 radical (unpaired) electrons. The van der Waals surface area contributed by atoms with E-state index in [2.05, 4.69) is 31.2 Å². The molecule has 2 aromatic rings. The molecule has 5 rings (SSSR count). The Morgan fingerprint density at radius 1 is 1.15 bits per heavy atom. The highest BCUT2D eigenvalue weighted by molar-refractivity contribution is 5.95.